The van der Waals surface area contributed by atoms with Gasteiger partial charge in [-0.2, -0.15) is 0 Å². The van der Waals surface area contributed by atoms with Gasteiger partial charge in [-0.15, -0.1) is 0 Å². The van der Waals surface area contributed by atoms with Crippen LogP contribution in [-0.2, 0) is 6.42 Å². The van der Waals surface area contributed by atoms with Gasteiger partial charge in [0.25, 0.3) is 0 Å². The van der Waals surface area contributed by atoms with Crippen molar-refractivity contribution in [3.8, 4) is 0 Å². The molecule has 0 fully saturated rings. The molecule has 0 aliphatic heterocycles. The second-order valence-corrected chi connectivity index (χ2v) is 4.10. The lowest BCUT2D eigenvalue weighted by atomic mass is 10.0. The standard InChI is InChI=1S/C10H11Cl2/c1-7(2)3-8-4-9(11)6-10(12)5-8/h4-5,7H,3H2,1-2H3. The zero-order chi connectivity index (χ0) is 9.14. The van der Waals surface area contributed by atoms with E-state index < -0.39 is 0 Å². The summed E-state index contributed by atoms with van der Waals surface area (Å²) >= 11 is 11.6. The monoisotopic (exact) mass is 201 g/mol. The molecule has 1 rings (SSSR count). The van der Waals surface area contributed by atoms with Crippen LogP contribution in [0.25, 0.3) is 0 Å². The highest BCUT2D eigenvalue weighted by Crippen LogP contribution is 2.20. The van der Waals surface area contributed by atoms with Crippen LogP contribution in [0.5, 0.6) is 0 Å². The van der Waals surface area contributed by atoms with E-state index in [4.69, 9.17) is 23.2 Å². The van der Waals surface area contributed by atoms with Crippen LogP contribution in [0.4, 0.5) is 0 Å². The van der Waals surface area contributed by atoms with Crippen molar-refractivity contribution in [3.05, 3.63) is 33.8 Å². The lowest BCUT2D eigenvalue weighted by Gasteiger charge is -2.05. The van der Waals surface area contributed by atoms with E-state index in [1.165, 1.54) is 5.56 Å². The first-order valence-corrected chi connectivity index (χ1v) is 4.71. The van der Waals surface area contributed by atoms with Gasteiger partial charge in [0.05, 0.1) is 10.0 Å². The van der Waals surface area contributed by atoms with Crippen LogP contribution in [0.3, 0.4) is 0 Å². The molecule has 65 valence electrons. The minimum Gasteiger partial charge on any atom is -0.0836 e. The SMILES string of the molecule is CC(C)Cc1cc(Cl)[c]c(Cl)c1. The molecule has 1 radical (unpaired) electrons. The van der Waals surface area contributed by atoms with Crippen LogP contribution >= 0.6 is 23.2 Å². The Bertz CT molecular complexity index is 246. The number of rotatable bonds is 2. The van der Waals surface area contributed by atoms with E-state index in [-0.39, 0.29) is 0 Å². The Kier molecular flexibility index (Phi) is 3.42. The molecule has 0 amide bonds. The van der Waals surface area contributed by atoms with Gasteiger partial charge in [0, 0.05) is 6.07 Å². The molecule has 0 spiro atoms. The predicted molar refractivity (Wildman–Crippen MR) is 53.8 cm³/mol. The van der Waals surface area contributed by atoms with Crippen LogP contribution in [0.2, 0.25) is 10.0 Å². The van der Waals surface area contributed by atoms with Crippen molar-refractivity contribution in [2.75, 3.05) is 0 Å². The van der Waals surface area contributed by atoms with E-state index in [1.807, 2.05) is 12.1 Å². The first kappa shape index (κ1) is 9.88. The highest BCUT2D eigenvalue weighted by Gasteiger charge is 2.00. The van der Waals surface area contributed by atoms with Crippen LogP contribution in [0, 0.1) is 12.0 Å². The summed E-state index contributed by atoms with van der Waals surface area (Å²) in [6.45, 7) is 4.33. The van der Waals surface area contributed by atoms with E-state index in [0.717, 1.165) is 6.42 Å². The van der Waals surface area contributed by atoms with Crippen molar-refractivity contribution in [1.82, 2.24) is 0 Å². The molecule has 0 aliphatic carbocycles. The molecule has 1 aromatic rings. The Morgan fingerprint density at radius 1 is 1.25 bits per heavy atom. The molecule has 0 unspecified atom stereocenters. The zero-order valence-electron chi connectivity index (χ0n) is 7.20. The molecular weight excluding hydrogens is 191 g/mol. The largest absolute Gasteiger partial charge is 0.0836 e. The molecule has 12 heavy (non-hydrogen) atoms. The fourth-order valence-corrected chi connectivity index (χ4v) is 1.67. The second-order valence-electron chi connectivity index (χ2n) is 3.28. The van der Waals surface area contributed by atoms with Crippen LogP contribution in [-0.4, -0.2) is 0 Å². The van der Waals surface area contributed by atoms with Crippen molar-refractivity contribution in [2.24, 2.45) is 5.92 Å². The second kappa shape index (κ2) is 4.15. The van der Waals surface area contributed by atoms with Gasteiger partial charge in [0.1, 0.15) is 0 Å². The average Bonchev–Trinajstić information content (AvgIpc) is 1.81. The number of halogens is 2. The van der Waals surface area contributed by atoms with Crippen LogP contribution < -0.4 is 0 Å². The smallest absolute Gasteiger partial charge is 0.0503 e. The maximum atomic E-state index is 5.79. The minimum absolute atomic E-state index is 0.596. The van der Waals surface area contributed by atoms with Gasteiger partial charge in [-0.1, -0.05) is 37.0 Å². The van der Waals surface area contributed by atoms with E-state index in [2.05, 4.69) is 19.9 Å². The van der Waals surface area contributed by atoms with Gasteiger partial charge in [-0.05, 0) is 30.0 Å². The summed E-state index contributed by atoms with van der Waals surface area (Å²) in [7, 11) is 0. The number of hydrogen-bond acceptors (Lipinski definition) is 0. The van der Waals surface area contributed by atoms with E-state index in [9.17, 15) is 0 Å². The average molecular weight is 202 g/mol. The summed E-state index contributed by atoms with van der Waals surface area (Å²) in [5.74, 6) is 0.625. The van der Waals surface area contributed by atoms with Gasteiger partial charge in [0.15, 0.2) is 0 Å². The fourth-order valence-electron chi connectivity index (χ4n) is 1.14. The third-order valence-electron chi connectivity index (χ3n) is 1.51. The fraction of sp³-hybridized carbons (Fsp3) is 0.400. The van der Waals surface area contributed by atoms with Gasteiger partial charge >= 0.3 is 0 Å². The van der Waals surface area contributed by atoms with E-state index in [1.54, 1.807) is 0 Å². The third kappa shape index (κ3) is 3.04. The third-order valence-corrected chi connectivity index (χ3v) is 1.91. The van der Waals surface area contributed by atoms with Crippen molar-refractivity contribution in [3.63, 3.8) is 0 Å². The van der Waals surface area contributed by atoms with E-state index in [0.29, 0.717) is 16.0 Å². The van der Waals surface area contributed by atoms with Crippen molar-refractivity contribution < 1.29 is 0 Å². The molecular formula is C10H11Cl2. The molecule has 2 heteroatoms. The highest BCUT2D eigenvalue weighted by molar-refractivity contribution is 6.34. The Balaban J connectivity index is 2.85. The molecule has 0 aromatic heterocycles. The van der Waals surface area contributed by atoms with Crippen molar-refractivity contribution in [1.29, 1.82) is 0 Å². The molecule has 0 saturated heterocycles. The summed E-state index contributed by atoms with van der Waals surface area (Å²) in [5, 5.41) is 1.19. The van der Waals surface area contributed by atoms with Gasteiger partial charge < -0.3 is 0 Å². The zero-order valence-corrected chi connectivity index (χ0v) is 8.71. The quantitative estimate of drug-likeness (QED) is 0.680. The van der Waals surface area contributed by atoms with Gasteiger partial charge in [-0.25, -0.2) is 0 Å². The molecule has 1 aromatic carbocycles. The summed E-state index contributed by atoms with van der Waals surface area (Å²) in [5.41, 5.74) is 1.18. The van der Waals surface area contributed by atoms with Gasteiger partial charge in [0.2, 0.25) is 0 Å². The first-order valence-electron chi connectivity index (χ1n) is 3.95. The summed E-state index contributed by atoms with van der Waals surface area (Å²) in [4.78, 5) is 0. The first-order chi connectivity index (χ1) is 5.58. The highest BCUT2D eigenvalue weighted by atomic mass is 35.5. The van der Waals surface area contributed by atoms with Crippen LogP contribution in [0.15, 0.2) is 12.1 Å². The maximum Gasteiger partial charge on any atom is 0.0503 e. The normalized spacial score (nSPS) is 10.8. The van der Waals surface area contributed by atoms with Gasteiger partial charge in [-0.3, -0.25) is 0 Å². The molecule has 0 saturated carbocycles. The predicted octanol–water partition coefficient (Wildman–Crippen LogP) is 3.99. The lowest BCUT2D eigenvalue weighted by Crippen LogP contribution is -1.93. The van der Waals surface area contributed by atoms with Crippen molar-refractivity contribution >= 4 is 23.2 Å². The molecule has 0 heterocycles. The molecule has 0 atom stereocenters. The minimum atomic E-state index is 0.596. The number of benzene rings is 1. The Labute approximate surface area is 83.5 Å². The summed E-state index contributed by atoms with van der Waals surface area (Å²) in [6, 6.07) is 6.63. The molecule has 0 N–H and O–H groups in total. The lowest BCUT2D eigenvalue weighted by molar-refractivity contribution is 0.647. The Morgan fingerprint density at radius 2 is 1.75 bits per heavy atom. The Morgan fingerprint density at radius 3 is 2.17 bits per heavy atom. The number of hydrogen-bond donors (Lipinski definition) is 0. The van der Waals surface area contributed by atoms with Crippen LogP contribution in [0.1, 0.15) is 19.4 Å². The van der Waals surface area contributed by atoms with Crippen molar-refractivity contribution in [2.45, 2.75) is 20.3 Å². The van der Waals surface area contributed by atoms with E-state index >= 15 is 0 Å². The maximum absolute atomic E-state index is 5.79. The summed E-state index contributed by atoms with van der Waals surface area (Å²) in [6.07, 6.45) is 1.01. The Hall–Kier alpha value is -0.200. The molecule has 0 nitrogen and oxygen atoms in total. The topological polar surface area (TPSA) is 0 Å². The summed E-state index contributed by atoms with van der Waals surface area (Å²) < 4.78 is 0. The molecule has 0 bridgehead atoms. The molecule has 0 aliphatic rings.